The highest BCUT2D eigenvalue weighted by Gasteiger charge is 2.31. The number of nitrogens with zero attached hydrogens (tertiary/aromatic N) is 4. The zero-order valence-electron chi connectivity index (χ0n) is 18.6. The number of hydrogen-bond acceptors (Lipinski definition) is 6. The van der Waals surface area contributed by atoms with Gasteiger partial charge in [0.1, 0.15) is 23.1 Å². The molecular weight excluding hydrogens is 449 g/mol. The summed E-state index contributed by atoms with van der Waals surface area (Å²) in [5.41, 5.74) is 3.38. The summed E-state index contributed by atoms with van der Waals surface area (Å²) in [4.78, 5) is 13.2. The van der Waals surface area contributed by atoms with Crippen molar-refractivity contribution in [2.45, 2.75) is 26.6 Å². The lowest BCUT2D eigenvalue weighted by atomic mass is 10.1. The van der Waals surface area contributed by atoms with E-state index in [0.717, 1.165) is 16.9 Å². The molecule has 2 heterocycles. The number of alkyl halides is 3. The number of aryl methyl sites for hydroxylation is 2. The monoisotopic (exact) mass is 470 g/mol. The molecule has 0 bridgehead atoms. The van der Waals surface area contributed by atoms with E-state index >= 15 is 0 Å². The third kappa shape index (κ3) is 5.83. The Bertz CT molecular complexity index is 1290. The Labute approximate surface area is 193 Å². The number of methoxy groups -OCH3 is 1. The summed E-state index contributed by atoms with van der Waals surface area (Å²) in [7, 11) is 1.60. The van der Waals surface area contributed by atoms with Crippen molar-refractivity contribution in [3.8, 4) is 28.8 Å². The fourth-order valence-corrected chi connectivity index (χ4v) is 3.34. The van der Waals surface area contributed by atoms with E-state index in [1.807, 2.05) is 42.8 Å². The molecule has 0 unspecified atom stereocenters. The Hall–Kier alpha value is -4.08. The second kappa shape index (κ2) is 9.42. The normalized spacial score (nSPS) is 11.4. The molecule has 0 amide bonds. The predicted octanol–water partition coefficient (Wildman–Crippen LogP) is 5.57. The van der Waals surface area contributed by atoms with Crippen LogP contribution in [0.25, 0.3) is 5.69 Å². The van der Waals surface area contributed by atoms with Crippen molar-refractivity contribution in [3.63, 3.8) is 0 Å². The van der Waals surface area contributed by atoms with E-state index in [0.29, 0.717) is 29.4 Å². The van der Waals surface area contributed by atoms with Crippen molar-refractivity contribution in [2.24, 2.45) is 0 Å². The fourth-order valence-electron chi connectivity index (χ4n) is 3.34. The first kappa shape index (κ1) is 23.1. The third-order valence-electron chi connectivity index (χ3n) is 4.75. The molecule has 2 aromatic heterocycles. The molecule has 0 N–H and O–H groups in total. The molecule has 4 aromatic rings. The van der Waals surface area contributed by atoms with Crippen LogP contribution in [0.15, 0.2) is 61.1 Å². The third-order valence-corrected chi connectivity index (χ3v) is 4.75. The first-order chi connectivity index (χ1) is 16.2. The second-order valence-electron chi connectivity index (χ2n) is 7.49. The molecule has 0 aliphatic heterocycles. The lowest BCUT2D eigenvalue weighted by molar-refractivity contribution is -0.274. The summed E-state index contributed by atoms with van der Waals surface area (Å²) in [5, 5.41) is 0. The summed E-state index contributed by atoms with van der Waals surface area (Å²) < 4.78 is 54.0. The molecular formula is C24H21F3N4O3. The molecule has 7 nitrogen and oxygen atoms in total. The van der Waals surface area contributed by atoms with Gasteiger partial charge < -0.3 is 18.8 Å². The molecule has 0 spiro atoms. The zero-order chi connectivity index (χ0) is 24.3. The smallest absolute Gasteiger partial charge is 0.495 e. The largest absolute Gasteiger partial charge is 0.573 e. The van der Waals surface area contributed by atoms with Gasteiger partial charge in [-0.3, -0.25) is 0 Å². The standard InChI is InChI=1S/C24H21F3N4O3/c1-15-10-23(33-18-5-7-19(8-6-18)34-24(25,26)27)30-22(29-15)12-17-4-9-20(21(11-17)32-3)31-13-16(2)28-14-31/h4-11,13-14H,12H2,1-3H3. The number of halogens is 3. The molecule has 0 saturated carbocycles. The Morgan fingerprint density at radius 1 is 0.912 bits per heavy atom. The van der Waals surface area contributed by atoms with Crippen LogP contribution in [0.3, 0.4) is 0 Å². The first-order valence-corrected chi connectivity index (χ1v) is 10.2. The average Bonchev–Trinajstić information content (AvgIpc) is 3.19. The van der Waals surface area contributed by atoms with Crippen molar-refractivity contribution in [1.82, 2.24) is 19.5 Å². The van der Waals surface area contributed by atoms with Crippen molar-refractivity contribution >= 4 is 0 Å². The molecule has 0 fully saturated rings. The summed E-state index contributed by atoms with van der Waals surface area (Å²) >= 11 is 0. The summed E-state index contributed by atoms with van der Waals surface area (Å²) in [6, 6.07) is 12.6. The molecule has 2 aromatic carbocycles. The van der Waals surface area contributed by atoms with Crippen LogP contribution in [0.5, 0.6) is 23.1 Å². The van der Waals surface area contributed by atoms with Gasteiger partial charge in [0.15, 0.2) is 0 Å². The fraction of sp³-hybridized carbons (Fsp3) is 0.208. The highest BCUT2D eigenvalue weighted by atomic mass is 19.4. The molecule has 4 rings (SSSR count). The van der Waals surface area contributed by atoms with Gasteiger partial charge in [-0.25, -0.2) is 9.97 Å². The molecule has 0 radical (unpaired) electrons. The predicted molar refractivity (Wildman–Crippen MR) is 118 cm³/mol. The molecule has 176 valence electrons. The van der Waals surface area contributed by atoms with Crippen molar-refractivity contribution in [3.05, 3.63) is 83.8 Å². The first-order valence-electron chi connectivity index (χ1n) is 10.2. The molecule has 0 saturated heterocycles. The van der Waals surface area contributed by atoms with Gasteiger partial charge >= 0.3 is 6.36 Å². The maximum atomic E-state index is 12.3. The minimum Gasteiger partial charge on any atom is -0.495 e. The van der Waals surface area contributed by atoms with Crippen molar-refractivity contribution < 1.29 is 27.4 Å². The summed E-state index contributed by atoms with van der Waals surface area (Å²) in [5.74, 6) is 1.48. The molecule has 0 aliphatic carbocycles. The van der Waals surface area contributed by atoms with Crippen LogP contribution in [-0.2, 0) is 6.42 Å². The molecule has 0 aliphatic rings. The Morgan fingerprint density at radius 2 is 1.65 bits per heavy atom. The van der Waals surface area contributed by atoms with E-state index in [9.17, 15) is 13.2 Å². The Kier molecular flexibility index (Phi) is 6.40. The van der Waals surface area contributed by atoms with Crippen LogP contribution in [0.4, 0.5) is 13.2 Å². The minimum absolute atomic E-state index is 0.282. The highest BCUT2D eigenvalue weighted by molar-refractivity contribution is 5.49. The van der Waals surface area contributed by atoms with Gasteiger partial charge in [0.2, 0.25) is 5.88 Å². The zero-order valence-corrected chi connectivity index (χ0v) is 18.6. The highest BCUT2D eigenvalue weighted by Crippen LogP contribution is 2.28. The van der Waals surface area contributed by atoms with Crippen LogP contribution >= 0.6 is 0 Å². The van der Waals surface area contributed by atoms with E-state index < -0.39 is 6.36 Å². The van der Waals surface area contributed by atoms with E-state index in [-0.39, 0.29) is 11.6 Å². The number of aromatic nitrogens is 4. The quantitative estimate of drug-likeness (QED) is 0.352. The lowest BCUT2D eigenvalue weighted by Gasteiger charge is -2.12. The number of ether oxygens (including phenoxy) is 3. The maximum Gasteiger partial charge on any atom is 0.573 e. The van der Waals surface area contributed by atoms with Gasteiger partial charge in [-0.05, 0) is 55.8 Å². The van der Waals surface area contributed by atoms with Gasteiger partial charge in [0.05, 0.1) is 24.8 Å². The average molecular weight is 470 g/mol. The second-order valence-corrected chi connectivity index (χ2v) is 7.49. The van der Waals surface area contributed by atoms with Crippen LogP contribution in [-0.4, -0.2) is 33.0 Å². The van der Waals surface area contributed by atoms with Crippen LogP contribution < -0.4 is 14.2 Å². The van der Waals surface area contributed by atoms with E-state index in [4.69, 9.17) is 9.47 Å². The van der Waals surface area contributed by atoms with E-state index in [1.54, 1.807) is 19.5 Å². The minimum atomic E-state index is -4.75. The Morgan fingerprint density at radius 3 is 2.29 bits per heavy atom. The summed E-state index contributed by atoms with van der Waals surface area (Å²) in [6.07, 6.45) is -0.690. The molecule has 10 heteroatoms. The number of benzene rings is 2. The van der Waals surface area contributed by atoms with Gasteiger partial charge in [0, 0.05) is 24.4 Å². The van der Waals surface area contributed by atoms with E-state index in [2.05, 4.69) is 19.7 Å². The van der Waals surface area contributed by atoms with Gasteiger partial charge in [-0.1, -0.05) is 6.07 Å². The van der Waals surface area contributed by atoms with Crippen LogP contribution in [0, 0.1) is 13.8 Å². The van der Waals surface area contributed by atoms with Gasteiger partial charge in [-0.2, -0.15) is 4.98 Å². The van der Waals surface area contributed by atoms with Gasteiger partial charge in [0.25, 0.3) is 0 Å². The SMILES string of the molecule is COc1cc(Cc2nc(C)cc(Oc3ccc(OC(F)(F)F)cc3)n2)ccc1-n1cnc(C)c1. The van der Waals surface area contributed by atoms with Gasteiger partial charge in [-0.15, -0.1) is 13.2 Å². The van der Waals surface area contributed by atoms with Crippen molar-refractivity contribution in [2.75, 3.05) is 7.11 Å². The number of imidazole rings is 1. The number of hydrogen-bond donors (Lipinski definition) is 0. The van der Waals surface area contributed by atoms with Crippen LogP contribution in [0.1, 0.15) is 22.8 Å². The van der Waals surface area contributed by atoms with E-state index in [1.165, 1.54) is 24.3 Å². The maximum absolute atomic E-state index is 12.3. The van der Waals surface area contributed by atoms with Crippen LogP contribution in [0.2, 0.25) is 0 Å². The molecule has 34 heavy (non-hydrogen) atoms. The number of rotatable bonds is 7. The topological polar surface area (TPSA) is 71.3 Å². The summed E-state index contributed by atoms with van der Waals surface area (Å²) in [6.45, 7) is 3.72. The Balaban J connectivity index is 1.51. The molecule has 0 atom stereocenters. The van der Waals surface area contributed by atoms with Crippen molar-refractivity contribution in [1.29, 1.82) is 0 Å². The lowest BCUT2D eigenvalue weighted by Crippen LogP contribution is -2.16.